The molecule has 194 valence electrons. The molecule has 1 saturated heterocycles. The number of hydrogen-bond donors (Lipinski definition) is 2. The number of alkyl halides is 3. The molecule has 4 heterocycles. The second kappa shape index (κ2) is 10.7. The first kappa shape index (κ1) is 25.7. The second-order valence-electron chi connectivity index (χ2n) is 8.27. The van der Waals surface area contributed by atoms with Gasteiger partial charge in [0.1, 0.15) is 5.69 Å². The van der Waals surface area contributed by atoms with Gasteiger partial charge < -0.3 is 15.1 Å². The van der Waals surface area contributed by atoms with E-state index in [2.05, 4.69) is 20.3 Å². The van der Waals surface area contributed by atoms with Crippen molar-refractivity contribution in [1.29, 1.82) is 0 Å². The molecule has 0 spiro atoms. The highest BCUT2D eigenvalue weighted by atomic mass is 32.2. The molecule has 0 radical (unpaired) electrons. The van der Waals surface area contributed by atoms with E-state index in [1.165, 1.54) is 9.47 Å². The molecule has 2 amide bonds. The molecule has 0 atom stereocenters. The van der Waals surface area contributed by atoms with Crippen LogP contribution in [0.3, 0.4) is 0 Å². The van der Waals surface area contributed by atoms with Crippen LogP contribution in [-0.4, -0.2) is 74.7 Å². The van der Waals surface area contributed by atoms with Gasteiger partial charge in [-0.15, -0.1) is 0 Å². The van der Waals surface area contributed by atoms with Crippen LogP contribution < -0.4 is 21.5 Å². The lowest BCUT2D eigenvalue weighted by atomic mass is 10.2. The maximum atomic E-state index is 12.9. The highest BCUT2D eigenvalue weighted by molar-refractivity contribution is 7.98. The van der Waals surface area contributed by atoms with Gasteiger partial charge >= 0.3 is 11.9 Å². The van der Waals surface area contributed by atoms with Crippen molar-refractivity contribution in [3.63, 3.8) is 0 Å². The van der Waals surface area contributed by atoms with Crippen LogP contribution in [-0.2, 0) is 34.5 Å². The number of anilines is 1. The van der Waals surface area contributed by atoms with Crippen molar-refractivity contribution in [2.45, 2.75) is 31.3 Å². The van der Waals surface area contributed by atoms with Crippen molar-refractivity contribution in [1.82, 2.24) is 29.7 Å². The van der Waals surface area contributed by atoms with E-state index < -0.39 is 29.0 Å². The third-order valence-corrected chi connectivity index (χ3v) is 6.98. The lowest BCUT2D eigenvalue weighted by molar-refractivity contribution is -0.141. The molecule has 0 aromatic carbocycles. The summed E-state index contributed by atoms with van der Waals surface area (Å²) in [6.07, 6.45) is -3.00. The van der Waals surface area contributed by atoms with E-state index in [4.69, 9.17) is 0 Å². The van der Waals surface area contributed by atoms with Crippen molar-refractivity contribution in [3.8, 4) is 0 Å². The summed E-state index contributed by atoms with van der Waals surface area (Å²) in [5.41, 5.74) is -0.785. The number of nitrogens with one attached hydrogen (secondary N) is 2. The summed E-state index contributed by atoms with van der Waals surface area (Å²) in [6, 6.07) is 0.799. The van der Waals surface area contributed by atoms with Gasteiger partial charge in [0, 0.05) is 62.4 Å². The first-order valence-electron chi connectivity index (χ1n) is 11.3. The Morgan fingerprint density at radius 2 is 1.92 bits per heavy atom. The summed E-state index contributed by atoms with van der Waals surface area (Å²) < 4.78 is 40.1. The number of hydrogen-bond acceptors (Lipinski definition) is 8. The third kappa shape index (κ3) is 5.88. The summed E-state index contributed by atoms with van der Waals surface area (Å²) in [5.74, 6) is 0.492. The molecule has 15 heteroatoms. The number of thioether (sulfide) groups is 1. The van der Waals surface area contributed by atoms with Gasteiger partial charge in [-0.3, -0.25) is 23.9 Å². The lowest BCUT2D eigenvalue weighted by Gasteiger charge is -2.34. The number of piperazine rings is 1. The van der Waals surface area contributed by atoms with Crippen LogP contribution in [0.1, 0.15) is 23.4 Å². The first-order chi connectivity index (χ1) is 17.1. The normalized spacial score (nSPS) is 16.0. The van der Waals surface area contributed by atoms with Crippen LogP contribution in [0.4, 0.5) is 19.1 Å². The maximum Gasteiger partial charge on any atom is 0.433 e. The van der Waals surface area contributed by atoms with Gasteiger partial charge in [-0.25, -0.2) is 14.8 Å². The maximum absolute atomic E-state index is 12.9. The SMILES string of the molecule is O=C(CCn1c2c(c(=O)[nH]c1=O)CSCC2)NCC(=O)N1CCN(c2nccc(C(F)(F)F)n2)CC1. The number of nitrogens with zero attached hydrogens (tertiary/aromatic N) is 5. The summed E-state index contributed by atoms with van der Waals surface area (Å²) in [6.45, 7) is 0.821. The van der Waals surface area contributed by atoms with Crippen LogP contribution in [0.5, 0.6) is 0 Å². The van der Waals surface area contributed by atoms with Crippen LogP contribution >= 0.6 is 11.8 Å². The minimum Gasteiger partial charge on any atom is -0.347 e. The Bertz CT molecular complexity index is 1260. The number of aromatic nitrogens is 4. The Morgan fingerprint density at radius 3 is 2.64 bits per heavy atom. The fourth-order valence-corrected chi connectivity index (χ4v) is 5.06. The molecule has 11 nitrogen and oxygen atoms in total. The molecule has 2 aliphatic rings. The van der Waals surface area contributed by atoms with Gasteiger partial charge in [0.25, 0.3) is 5.56 Å². The van der Waals surface area contributed by atoms with Crippen molar-refractivity contribution < 1.29 is 22.8 Å². The fourth-order valence-electron chi connectivity index (χ4n) is 4.07. The number of fused-ring (bicyclic) bond motifs is 1. The number of H-pyrrole nitrogens is 1. The average Bonchev–Trinajstić information content (AvgIpc) is 2.87. The van der Waals surface area contributed by atoms with E-state index in [0.29, 0.717) is 23.4 Å². The van der Waals surface area contributed by atoms with Crippen molar-refractivity contribution in [2.24, 2.45) is 0 Å². The fraction of sp³-hybridized carbons (Fsp3) is 0.524. The zero-order chi connectivity index (χ0) is 25.9. The first-order valence-corrected chi connectivity index (χ1v) is 12.4. The largest absolute Gasteiger partial charge is 0.433 e. The molecule has 2 aromatic heterocycles. The molecule has 2 aromatic rings. The summed E-state index contributed by atoms with van der Waals surface area (Å²) >= 11 is 1.60. The minimum absolute atomic E-state index is 0.0422. The highest BCUT2D eigenvalue weighted by Crippen LogP contribution is 2.28. The van der Waals surface area contributed by atoms with Gasteiger partial charge in [0.05, 0.1) is 6.54 Å². The molecule has 0 unspecified atom stereocenters. The van der Waals surface area contributed by atoms with Gasteiger partial charge in [0.15, 0.2) is 0 Å². The quantitative estimate of drug-likeness (QED) is 0.536. The Hall–Kier alpha value is -3.36. The standard InChI is InChI=1S/C21H24F3N7O4S/c22-21(23,24)15-1-4-25-19(27-15)30-8-6-29(7-9-30)17(33)11-26-16(32)2-5-31-14-3-10-36-12-13(14)18(34)28-20(31)35/h1,4H,2-3,5-12H2,(H,26,32)(H,28,34,35). The number of aromatic amines is 1. The average molecular weight is 528 g/mol. The van der Waals surface area contributed by atoms with E-state index in [9.17, 15) is 32.3 Å². The number of amides is 2. The molecular weight excluding hydrogens is 503 g/mol. The van der Waals surface area contributed by atoms with Crippen LogP contribution in [0, 0.1) is 0 Å². The predicted molar refractivity (Wildman–Crippen MR) is 125 cm³/mol. The number of rotatable bonds is 6. The molecule has 0 aliphatic carbocycles. The van der Waals surface area contributed by atoms with Crippen LogP contribution in [0.2, 0.25) is 0 Å². The van der Waals surface area contributed by atoms with Crippen molar-refractivity contribution >= 4 is 29.5 Å². The highest BCUT2D eigenvalue weighted by Gasteiger charge is 2.33. The molecule has 2 aliphatic heterocycles. The Morgan fingerprint density at radius 1 is 1.17 bits per heavy atom. The number of carbonyl (C=O) groups is 2. The molecule has 0 saturated carbocycles. The minimum atomic E-state index is -4.57. The molecule has 0 bridgehead atoms. The molecule has 2 N–H and O–H groups in total. The second-order valence-corrected chi connectivity index (χ2v) is 9.38. The Balaban J connectivity index is 1.25. The van der Waals surface area contributed by atoms with Gasteiger partial charge in [-0.1, -0.05) is 0 Å². The summed E-state index contributed by atoms with van der Waals surface area (Å²) in [4.78, 5) is 61.9. The van der Waals surface area contributed by atoms with Gasteiger partial charge in [0.2, 0.25) is 17.8 Å². The number of carbonyl (C=O) groups excluding carboxylic acids is 2. The number of halogens is 3. The third-order valence-electron chi connectivity index (χ3n) is 5.99. The van der Waals surface area contributed by atoms with E-state index >= 15 is 0 Å². The van der Waals surface area contributed by atoms with Gasteiger partial charge in [-0.05, 0) is 18.2 Å². The van der Waals surface area contributed by atoms with E-state index in [0.717, 1.165) is 18.0 Å². The zero-order valence-corrected chi connectivity index (χ0v) is 20.0. The zero-order valence-electron chi connectivity index (χ0n) is 19.1. The summed E-state index contributed by atoms with van der Waals surface area (Å²) in [5, 5.41) is 2.54. The van der Waals surface area contributed by atoms with Crippen molar-refractivity contribution in [2.75, 3.05) is 43.4 Å². The predicted octanol–water partition coefficient (Wildman–Crippen LogP) is -0.0102. The van der Waals surface area contributed by atoms with E-state index in [1.54, 1.807) is 16.7 Å². The Labute approximate surface area is 207 Å². The van der Waals surface area contributed by atoms with Gasteiger partial charge in [-0.2, -0.15) is 24.9 Å². The van der Waals surface area contributed by atoms with Crippen LogP contribution in [0.25, 0.3) is 0 Å². The van der Waals surface area contributed by atoms with Crippen LogP contribution in [0.15, 0.2) is 21.9 Å². The lowest BCUT2D eigenvalue weighted by Crippen LogP contribution is -2.51. The molecule has 1 fully saturated rings. The smallest absolute Gasteiger partial charge is 0.347 e. The molecule has 4 rings (SSSR count). The van der Waals surface area contributed by atoms with E-state index in [-0.39, 0.29) is 57.5 Å². The molecular formula is C21H24F3N7O4S. The van der Waals surface area contributed by atoms with E-state index in [1.807, 2.05) is 0 Å². The molecule has 36 heavy (non-hydrogen) atoms. The topological polar surface area (TPSA) is 133 Å². The Kier molecular flexibility index (Phi) is 7.66. The summed E-state index contributed by atoms with van der Waals surface area (Å²) in [7, 11) is 0. The van der Waals surface area contributed by atoms with Crippen molar-refractivity contribution in [3.05, 3.63) is 50.1 Å². The monoisotopic (exact) mass is 527 g/mol.